The van der Waals surface area contributed by atoms with Crippen molar-refractivity contribution in [2.45, 2.75) is 44.7 Å². The van der Waals surface area contributed by atoms with Crippen LogP contribution in [0.15, 0.2) is 85.0 Å². The number of hydrogen-bond acceptors (Lipinski definition) is 3. The van der Waals surface area contributed by atoms with E-state index in [1.165, 1.54) is 17.0 Å². The summed E-state index contributed by atoms with van der Waals surface area (Å²) in [5, 5.41) is 9.71. The number of rotatable bonds is 12. The minimum absolute atomic E-state index is 0.209. The first kappa shape index (κ1) is 29.0. The van der Waals surface area contributed by atoms with Crippen LogP contribution in [0.5, 0.6) is 5.75 Å². The van der Waals surface area contributed by atoms with E-state index in [1.807, 2.05) is 19.1 Å². The molecule has 0 spiro atoms. The molecule has 36 heavy (non-hydrogen) atoms. The van der Waals surface area contributed by atoms with E-state index in [-0.39, 0.29) is 12.1 Å². The van der Waals surface area contributed by atoms with E-state index in [4.69, 9.17) is 0 Å². The SMILES string of the molecule is C=C/C=C\C(=C/C)Cc1cccc(N(Cc2cccc(OC(F)(F)C(F)F)c2)CC(O)C(F)(F)F)c1. The standard InChI is InChI=1S/C26H26F7NO2/c1-3-5-8-18(4-2)13-19-9-6-11-21(14-19)34(17-23(35)25(29,30)31)16-20-10-7-12-22(15-20)36-26(32,33)24(27)28/h3-12,14-15,23-24,35H,1,13,16-17H2,2H3/b8-5-,18-4+. The van der Waals surface area contributed by atoms with Crippen molar-refractivity contribution in [3.8, 4) is 5.75 Å². The minimum atomic E-state index is -4.90. The van der Waals surface area contributed by atoms with Crippen molar-refractivity contribution in [3.63, 3.8) is 0 Å². The average molecular weight is 517 g/mol. The largest absolute Gasteiger partial charge is 0.461 e. The van der Waals surface area contributed by atoms with Crippen LogP contribution in [0, 0.1) is 0 Å². The number of allylic oxidation sites excluding steroid dienone is 5. The van der Waals surface area contributed by atoms with Crippen LogP contribution >= 0.6 is 0 Å². The molecule has 10 heteroatoms. The van der Waals surface area contributed by atoms with Gasteiger partial charge in [0.1, 0.15) is 5.75 Å². The molecule has 0 heterocycles. The Balaban J connectivity index is 2.36. The van der Waals surface area contributed by atoms with E-state index < -0.39 is 37.1 Å². The van der Waals surface area contributed by atoms with Crippen LogP contribution in [0.1, 0.15) is 18.1 Å². The lowest BCUT2D eigenvalue weighted by Gasteiger charge is -2.29. The smallest absolute Gasteiger partial charge is 0.428 e. The van der Waals surface area contributed by atoms with Gasteiger partial charge in [-0.3, -0.25) is 0 Å². The molecule has 1 unspecified atom stereocenters. The van der Waals surface area contributed by atoms with Crippen molar-refractivity contribution in [1.82, 2.24) is 0 Å². The summed E-state index contributed by atoms with van der Waals surface area (Å²) in [4.78, 5) is 1.22. The predicted octanol–water partition coefficient (Wildman–Crippen LogP) is 7.08. The second-order valence-corrected chi connectivity index (χ2v) is 7.85. The number of halogens is 7. The number of nitrogens with zero attached hydrogens (tertiary/aromatic N) is 1. The van der Waals surface area contributed by atoms with E-state index in [0.717, 1.165) is 23.3 Å². The molecule has 0 radical (unpaired) electrons. The van der Waals surface area contributed by atoms with Gasteiger partial charge in [0.15, 0.2) is 6.10 Å². The van der Waals surface area contributed by atoms with Crippen molar-refractivity contribution in [3.05, 3.63) is 96.1 Å². The Morgan fingerprint density at radius 1 is 1.06 bits per heavy atom. The van der Waals surface area contributed by atoms with E-state index in [0.29, 0.717) is 12.1 Å². The molecule has 0 fully saturated rings. The molecular formula is C26H26F7NO2. The van der Waals surface area contributed by atoms with E-state index in [1.54, 1.807) is 36.4 Å². The van der Waals surface area contributed by atoms with Gasteiger partial charge in [0, 0.05) is 12.2 Å². The minimum Gasteiger partial charge on any atom is -0.428 e. The zero-order chi connectivity index (χ0) is 26.9. The fourth-order valence-corrected chi connectivity index (χ4v) is 3.25. The summed E-state index contributed by atoms with van der Waals surface area (Å²) in [5.74, 6) is -0.574. The van der Waals surface area contributed by atoms with Crippen molar-refractivity contribution in [2.24, 2.45) is 0 Å². The zero-order valence-electron chi connectivity index (χ0n) is 19.4. The van der Waals surface area contributed by atoms with Gasteiger partial charge in [0.2, 0.25) is 0 Å². The molecule has 2 rings (SSSR count). The molecule has 0 saturated carbocycles. The first-order valence-electron chi connectivity index (χ1n) is 10.8. The second-order valence-electron chi connectivity index (χ2n) is 7.85. The van der Waals surface area contributed by atoms with Gasteiger partial charge in [-0.25, -0.2) is 0 Å². The lowest BCUT2D eigenvalue weighted by molar-refractivity contribution is -0.253. The third kappa shape index (κ3) is 8.75. The van der Waals surface area contributed by atoms with Gasteiger partial charge in [-0.15, -0.1) is 0 Å². The van der Waals surface area contributed by atoms with Crippen LogP contribution < -0.4 is 9.64 Å². The molecule has 1 atom stereocenters. The summed E-state index contributed by atoms with van der Waals surface area (Å²) in [6, 6.07) is 11.4. The Hall–Kier alpha value is -3.27. The topological polar surface area (TPSA) is 32.7 Å². The first-order valence-corrected chi connectivity index (χ1v) is 10.8. The molecule has 1 N–H and O–H groups in total. The number of aliphatic hydroxyl groups is 1. The van der Waals surface area contributed by atoms with Crippen molar-refractivity contribution >= 4 is 5.69 Å². The number of anilines is 1. The molecule has 0 aromatic heterocycles. The fourth-order valence-electron chi connectivity index (χ4n) is 3.25. The fraction of sp³-hybridized carbons (Fsp3) is 0.308. The molecule has 2 aromatic rings. The predicted molar refractivity (Wildman–Crippen MR) is 124 cm³/mol. The average Bonchev–Trinajstić information content (AvgIpc) is 2.80. The molecule has 0 aliphatic carbocycles. The number of ether oxygens (including phenoxy) is 1. The van der Waals surface area contributed by atoms with Gasteiger partial charge < -0.3 is 14.7 Å². The monoisotopic (exact) mass is 517 g/mol. The molecule has 2 aromatic carbocycles. The van der Waals surface area contributed by atoms with E-state index in [9.17, 15) is 35.8 Å². The Morgan fingerprint density at radius 3 is 2.33 bits per heavy atom. The summed E-state index contributed by atoms with van der Waals surface area (Å²) in [6.45, 7) is 4.35. The van der Waals surface area contributed by atoms with Crippen LogP contribution in [0.4, 0.5) is 36.4 Å². The van der Waals surface area contributed by atoms with Crippen LogP contribution in [0.2, 0.25) is 0 Å². The maximum atomic E-state index is 13.3. The first-order chi connectivity index (χ1) is 16.9. The Morgan fingerprint density at radius 2 is 1.72 bits per heavy atom. The van der Waals surface area contributed by atoms with Gasteiger partial charge in [-0.1, -0.05) is 55.1 Å². The molecule has 0 aliphatic rings. The van der Waals surface area contributed by atoms with Gasteiger partial charge in [0.25, 0.3) is 0 Å². The Kier molecular flexibility index (Phi) is 10.2. The molecule has 0 amide bonds. The molecule has 0 bridgehead atoms. The van der Waals surface area contributed by atoms with Crippen LogP contribution in [0.3, 0.4) is 0 Å². The molecular weight excluding hydrogens is 491 g/mol. The Labute approximate surface area is 204 Å². The molecule has 196 valence electrons. The van der Waals surface area contributed by atoms with Crippen molar-refractivity contribution in [1.29, 1.82) is 0 Å². The van der Waals surface area contributed by atoms with E-state index in [2.05, 4.69) is 11.3 Å². The molecule has 0 aliphatic heterocycles. The number of alkyl halides is 7. The van der Waals surface area contributed by atoms with E-state index >= 15 is 0 Å². The van der Waals surface area contributed by atoms with Gasteiger partial charge in [-0.05, 0) is 54.3 Å². The van der Waals surface area contributed by atoms with Gasteiger partial charge >= 0.3 is 18.7 Å². The lowest BCUT2D eigenvalue weighted by Crippen LogP contribution is -2.41. The normalized spacial score (nSPS) is 13.8. The zero-order valence-corrected chi connectivity index (χ0v) is 19.4. The highest BCUT2D eigenvalue weighted by molar-refractivity contribution is 5.51. The summed E-state index contributed by atoms with van der Waals surface area (Å²) in [5.41, 5.74) is 2.25. The van der Waals surface area contributed by atoms with Crippen LogP contribution in [0.25, 0.3) is 0 Å². The third-order valence-corrected chi connectivity index (χ3v) is 5.05. The summed E-state index contributed by atoms with van der Waals surface area (Å²) >= 11 is 0. The number of hydrogen-bond donors (Lipinski definition) is 1. The van der Waals surface area contributed by atoms with Gasteiger partial charge in [-0.2, -0.15) is 30.7 Å². The lowest BCUT2D eigenvalue weighted by atomic mass is 10.0. The number of aliphatic hydroxyl groups excluding tert-OH is 1. The Bertz CT molecular complexity index is 1060. The summed E-state index contributed by atoms with van der Waals surface area (Å²) < 4.78 is 95.0. The highest BCUT2D eigenvalue weighted by atomic mass is 19.4. The van der Waals surface area contributed by atoms with Crippen molar-refractivity contribution < 1.29 is 40.6 Å². The quantitative estimate of drug-likeness (QED) is 0.241. The van der Waals surface area contributed by atoms with Crippen molar-refractivity contribution in [2.75, 3.05) is 11.4 Å². The third-order valence-electron chi connectivity index (χ3n) is 5.05. The molecule has 3 nitrogen and oxygen atoms in total. The second kappa shape index (κ2) is 12.6. The van der Waals surface area contributed by atoms with Crippen LogP contribution in [-0.2, 0) is 13.0 Å². The number of benzene rings is 2. The highest BCUT2D eigenvalue weighted by Crippen LogP contribution is 2.30. The molecule has 0 saturated heterocycles. The maximum Gasteiger partial charge on any atom is 0.461 e. The van der Waals surface area contributed by atoms with Crippen LogP contribution in [-0.4, -0.2) is 36.5 Å². The van der Waals surface area contributed by atoms with Gasteiger partial charge in [0.05, 0.1) is 6.54 Å². The highest BCUT2D eigenvalue weighted by Gasteiger charge is 2.44. The summed E-state index contributed by atoms with van der Waals surface area (Å²) in [7, 11) is 0. The summed E-state index contributed by atoms with van der Waals surface area (Å²) in [6.07, 6.45) is -8.85. The maximum absolute atomic E-state index is 13.3.